The number of piperidine rings is 1. The third-order valence-corrected chi connectivity index (χ3v) is 4.58. The molecular formula is C14H28N2O. The highest BCUT2D eigenvalue weighted by Gasteiger charge is 2.29. The zero-order valence-corrected chi connectivity index (χ0v) is 11.3. The van der Waals surface area contributed by atoms with E-state index in [-0.39, 0.29) is 0 Å². The highest BCUT2D eigenvalue weighted by molar-refractivity contribution is 4.85. The molecule has 1 atom stereocenters. The zero-order valence-electron chi connectivity index (χ0n) is 11.3. The summed E-state index contributed by atoms with van der Waals surface area (Å²) in [6, 6.07) is 0. The molecule has 100 valence electrons. The molecule has 0 aromatic rings. The van der Waals surface area contributed by atoms with Gasteiger partial charge in [-0.2, -0.15) is 0 Å². The summed E-state index contributed by atoms with van der Waals surface area (Å²) in [5.41, 5.74) is 0.557. The zero-order chi connectivity index (χ0) is 12.0. The normalized spacial score (nSPS) is 28.4. The van der Waals surface area contributed by atoms with Gasteiger partial charge < -0.3 is 15.4 Å². The molecule has 0 aromatic carbocycles. The molecule has 2 N–H and O–H groups in total. The molecule has 0 radical (unpaired) electrons. The lowest BCUT2D eigenvalue weighted by molar-refractivity contribution is 0.102. The smallest absolute Gasteiger partial charge is 0.0588 e. The van der Waals surface area contributed by atoms with Crippen molar-refractivity contribution in [2.75, 3.05) is 32.8 Å². The molecule has 2 aliphatic rings. The van der Waals surface area contributed by atoms with E-state index in [9.17, 15) is 0 Å². The third kappa shape index (κ3) is 3.94. The molecule has 3 nitrogen and oxygen atoms in total. The SMILES string of the molecule is CCC1(CNCCC2CCCO2)CCNCC1. The molecule has 0 saturated carbocycles. The number of ether oxygens (including phenoxy) is 1. The Labute approximate surface area is 106 Å². The molecular weight excluding hydrogens is 212 g/mol. The molecule has 2 heterocycles. The van der Waals surface area contributed by atoms with Crippen molar-refractivity contribution in [1.29, 1.82) is 0 Å². The van der Waals surface area contributed by atoms with Crippen molar-refractivity contribution in [2.24, 2.45) is 5.41 Å². The predicted molar refractivity (Wildman–Crippen MR) is 71.3 cm³/mol. The van der Waals surface area contributed by atoms with Gasteiger partial charge in [0.15, 0.2) is 0 Å². The van der Waals surface area contributed by atoms with E-state index in [1.807, 2.05) is 0 Å². The largest absolute Gasteiger partial charge is 0.378 e. The average molecular weight is 240 g/mol. The van der Waals surface area contributed by atoms with E-state index in [2.05, 4.69) is 17.6 Å². The van der Waals surface area contributed by atoms with Gasteiger partial charge in [-0.25, -0.2) is 0 Å². The van der Waals surface area contributed by atoms with Crippen LogP contribution in [0.2, 0.25) is 0 Å². The Hall–Kier alpha value is -0.120. The van der Waals surface area contributed by atoms with Gasteiger partial charge in [-0.3, -0.25) is 0 Å². The van der Waals surface area contributed by atoms with Crippen molar-refractivity contribution in [3.63, 3.8) is 0 Å². The standard InChI is InChI=1S/C14H28N2O/c1-2-14(6-9-15-10-7-14)12-16-8-5-13-4-3-11-17-13/h13,15-16H,2-12H2,1H3. The highest BCUT2D eigenvalue weighted by atomic mass is 16.5. The second kappa shape index (κ2) is 6.72. The third-order valence-electron chi connectivity index (χ3n) is 4.58. The summed E-state index contributed by atoms with van der Waals surface area (Å²) in [6.45, 7) is 8.03. The first kappa shape index (κ1) is 13.3. The van der Waals surface area contributed by atoms with Crippen LogP contribution in [0.4, 0.5) is 0 Å². The summed E-state index contributed by atoms with van der Waals surface area (Å²) in [5, 5.41) is 7.13. The topological polar surface area (TPSA) is 33.3 Å². The van der Waals surface area contributed by atoms with E-state index >= 15 is 0 Å². The van der Waals surface area contributed by atoms with Gasteiger partial charge >= 0.3 is 0 Å². The van der Waals surface area contributed by atoms with E-state index in [0.717, 1.165) is 13.2 Å². The fourth-order valence-corrected chi connectivity index (χ4v) is 3.10. The van der Waals surface area contributed by atoms with Crippen LogP contribution in [0.5, 0.6) is 0 Å². The Balaban J connectivity index is 1.61. The van der Waals surface area contributed by atoms with Crippen molar-refractivity contribution in [1.82, 2.24) is 10.6 Å². The van der Waals surface area contributed by atoms with E-state index in [1.54, 1.807) is 0 Å². The van der Waals surface area contributed by atoms with Crippen LogP contribution < -0.4 is 10.6 Å². The Bertz CT molecular complexity index is 208. The van der Waals surface area contributed by atoms with Crippen LogP contribution in [0.3, 0.4) is 0 Å². The summed E-state index contributed by atoms with van der Waals surface area (Å²) in [5.74, 6) is 0. The van der Waals surface area contributed by atoms with Crippen LogP contribution in [-0.4, -0.2) is 38.9 Å². The van der Waals surface area contributed by atoms with Gasteiger partial charge in [-0.05, 0) is 63.6 Å². The van der Waals surface area contributed by atoms with E-state index in [1.165, 1.54) is 58.2 Å². The minimum Gasteiger partial charge on any atom is -0.378 e. The van der Waals surface area contributed by atoms with Crippen LogP contribution in [0, 0.1) is 5.41 Å². The van der Waals surface area contributed by atoms with Crippen molar-refractivity contribution in [3.05, 3.63) is 0 Å². The molecule has 1 unspecified atom stereocenters. The lowest BCUT2D eigenvalue weighted by Gasteiger charge is -2.37. The predicted octanol–water partition coefficient (Wildman–Crippen LogP) is 1.92. The Morgan fingerprint density at radius 3 is 2.82 bits per heavy atom. The quantitative estimate of drug-likeness (QED) is 0.696. The highest BCUT2D eigenvalue weighted by Crippen LogP contribution is 2.31. The Kier molecular flexibility index (Phi) is 5.26. The van der Waals surface area contributed by atoms with Gasteiger partial charge in [0.05, 0.1) is 6.10 Å². The first-order valence-corrected chi connectivity index (χ1v) is 7.38. The number of nitrogens with one attached hydrogen (secondary N) is 2. The van der Waals surface area contributed by atoms with Crippen LogP contribution in [0.1, 0.15) is 45.4 Å². The fourth-order valence-electron chi connectivity index (χ4n) is 3.10. The molecule has 2 fully saturated rings. The number of rotatable bonds is 6. The minimum atomic E-state index is 0.535. The fraction of sp³-hybridized carbons (Fsp3) is 1.00. The van der Waals surface area contributed by atoms with Gasteiger partial charge in [0.25, 0.3) is 0 Å². The van der Waals surface area contributed by atoms with Gasteiger partial charge in [-0.1, -0.05) is 6.92 Å². The second-order valence-corrected chi connectivity index (χ2v) is 5.70. The maximum atomic E-state index is 5.65. The van der Waals surface area contributed by atoms with Crippen molar-refractivity contribution in [2.45, 2.75) is 51.6 Å². The molecule has 17 heavy (non-hydrogen) atoms. The lowest BCUT2D eigenvalue weighted by Crippen LogP contribution is -2.43. The maximum Gasteiger partial charge on any atom is 0.0588 e. The Morgan fingerprint density at radius 2 is 2.18 bits per heavy atom. The number of hydrogen-bond donors (Lipinski definition) is 2. The van der Waals surface area contributed by atoms with Crippen LogP contribution in [0.15, 0.2) is 0 Å². The lowest BCUT2D eigenvalue weighted by atomic mass is 9.76. The van der Waals surface area contributed by atoms with Gasteiger partial charge in [0, 0.05) is 13.2 Å². The molecule has 0 aliphatic carbocycles. The van der Waals surface area contributed by atoms with Gasteiger partial charge in [-0.15, -0.1) is 0 Å². The van der Waals surface area contributed by atoms with E-state index < -0.39 is 0 Å². The van der Waals surface area contributed by atoms with Crippen LogP contribution >= 0.6 is 0 Å². The average Bonchev–Trinajstić information content (AvgIpc) is 2.89. The Morgan fingerprint density at radius 1 is 1.35 bits per heavy atom. The van der Waals surface area contributed by atoms with E-state index in [4.69, 9.17) is 4.74 Å². The first-order chi connectivity index (χ1) is 8.35. The molecule has 3 heteroatoms. The van der Waals surface area contributed by atoms with E-state index in [0.29, 0.717) is 11.5 Å². The molecule has 0 bridgehead atoms. The summed E-state index contributed by atoms with van der Waals surface area (Å²) >= 11 is 0. The molecule has 0 aromatic heterocycles. The van der Waals surface area contributed by atoms with Gasteiger partial charge in [0.1, 0.15) is 0 Å². The monoisotopic (exact) mass is 240 g/mol. The minimum absolute atomic E-state index is 0.535. The molecule has 0 spiro atoms. The molecule has 0 amide bonds. The van der Waals surface area contributed by atoms with Crippen molar-refractivity contribution < 1.29 is 4.74 Å². The molecule has 2 saturated heterocycles. The maximum absolute atomic E-state index is 5.65. The number of hydrogen-bond acceptors (Lipinski definition) is 3. The second-order valence-electron chi connectivity index (χ2n) is 5.70. The summed E-state index contributed by atoms with van der Waals surface area (Å²) in [7, 11) is 0. The van der Waals surface area contributed by atoms with Gasteiger partial charge in [0.2, 0.25) is 0 Å². The van der Waals surface area contributed by atoms with Crippen LogP contribution in [0.25, 0.3) is 0 Å². The summed E-state index contributed by atoms with van der Waals surface area (Å²) in [4.78, 5) is 0. The van der Waals surface area contributed by atoms with Crippen LogP contribution in [-0.2, 0) is 4.74 Å². The van der Waals surface area contributed by atoms with Crippen molar-refractivity contribution >= 4 is 0 Å². The molecule has 2 rings (SSSR count). The van der Waals surface area contributed by atoms with Crippen molar-refractivity contribution in [3.8, 4) is 0 Å². The molecule has 2 aliphatic heterocycles. The summed E-state index contributed by atoms with van der Waals surface area (Å²) < 4.78 is 5.65. The summed E-state index contributed by atoms with van der Waals surface area (Å²) in [6.07, 6.45) is 8.22. The first-order valence-electron chi connectivity index (χ1n) is 7.38.